The first kappa shape index (κ1) is 16.9. The van der Waals surface area contributed by atoms with Crippen molar-refractivity contribution in [3.63, 3.8) is 0 Å². The quantitative estimate of drug-likeness (QED) is 0.780. The Morgan fingerprint density at radius 3 is 2.52 bits per heavy atom. The fraction of sp³-hybridized carbons (Fsp3) is 0.316. The molecule has 122 valence electrons. The van der Waals surface area contributed by atoms with Crippen molar-refractivity contribution in [2.75, 3.05) is 23.8 Å². The molecular weight excluding hydrogens is 288 g/mol. The predicted octanol–water partition coefficient (Wildman–Crippen LogP) is 4.67. The van der Waals surface area contributed by atoms with Gasteiger partial charge in [-0.25, -0.2) is 4.79 Å². The van der Waals surface area contributed by atoms with Gasteiger partial charge in [-0.1, -0.05) is 31.5 Å². The maximum absolute atomic E-state index is 11.4. The minimum atomic E-state index is -0.899. The Labute approximate surface area is 137 Å². The van der Waals surface area contributed by atoms with Gasteiger partial charge >= 0.3 is 5.97 Å². The van der Waals surface area contributed by atoms with E-state index in [9.17, 15) is 9.90 Å². The second kappa shape index (κ2) is 7.68. The number of benzene rings is 2. The molecule has 0 amide bonds. The number of unbranched alkanes of at least 4 members (excludes halogenated alkanes) is 1. The van der Waals surface area contributed by atoms with Crippen molar-refractivity contribution in [1.29, 1.82) is 0 Å². The number of carboxylic acid groups (broad SMARTS) is 1. The third-order valence-electron chi connectivity index (χ3n) is 3.86. The van der Waals surface area contributed by atoms with Gasteiger partial charge in [-0.2, -0.15) is 0 Å². The van der Waals surface area contributed by atoms with E-state index in [2.05, 4.69) is 17.1 Å². The molecule has 0 heterocycles. The van der Waals surface area contributed by atoms with E-state index >= 15 is 0 Å². The van der Waals surface area contributed by atoms with Gasteiger partial charge < -0.3 is 15.3 Å². The lowest BCUT2D eigenvalue weighted by Crippen LogP contribution is -2.20. The molecule has 2 aromatic rings. The summed E-state index contributed by atoms with van der Waals surface area (Å²) in [6, 6.07) is 13.4. The molecule has 0 fully saturated rings. The molecule has 2 N–H and O–H groups in total. The number of aromatic carboxylic acids is 1. The highest BCUT2D eigenvalue weighted by Gasteiger charge is 2.15. The molecule has 2 aromatic carbocycles. The van der Waals surface area contributed by atoms with Crippen LogP contribution in [-0.2, 0) is 0 Å². The van der Waals surface area contributed by atoms with E-state index in [0.29, 0.717) is 5.56 Å². The fourth-order valence-electron chi connectivity index (χ4n) is 2.54. The largest absolute Gasteiger partial charge is 0.478 e. The minimum absolute atomic E-state index is 0.319. The zero-order valence-corrected chi connectivity index (χ0v) is 14.0. The molecule has 0 saturated heterocycles. The average molecular weight is 312 g/mol. The standard InChI is InChI=1S/C19H24N2O2/c1-4-5-11-21(3)17-13-15(19(22)23)12-14(2)18(17)20-16-9-7-6-8-10-16/h6-10,12-13,20H,4-5,11H2,1-3H3,(H,22,23). The van der Waals surface area contributed by atoms with Crippen LogP contribution in [0.3, 0.4) is 0 Å². The SMILES string of the molecule is CCCCN(C)c1cc(C(=O)O)cc(C)c1Nc1ccccc1. The van der Waals surface area contributed by atoms with Crippen LogP contribution in [-0.4, -0.2) is 24.7 Å². The van der Waals surface area contributed by atoms with E-state index in [1.54, 1.807) is 12.1 Å². The summed E-state index contributed by atoms with van der Waals surface area (Å²) in [6.07, 6.45) is 2.17. The highest BCUT2D eigenvalue weighted by Crippen LogP contribution is 2.33. The summed E-state index contributed by atoms with van der Waals surface area (Å²) in [5.74, 6) is -0.899. The van der Waals surface area contributed by atoms with Crippen LogP contribution in [0.4, 0.5) is 17.1 Å². The van der Waals surface area contributed by atoms with E-state index in [-0.39, 0.29) is 0 Å². The number of para-hydroxylation sites is 1. The summed E-state index contributed by atoms with van der Waals surface area (Å²) in [5.41, 5.74) is 4.11. The molecular formula is C19H24N2O2. The van der Waals surface area contributed by atoms with Crippen LogP contribution >= 0.6 is 0 Å². The molecule has 0 radical (unpaired) electrons. The summed E-state index contributed by atoms with van der Waals surface area (Å²) in [6.45, 7) is 4.98. The number of anilines is 3. The van der Waals surface area contributed by atoms with E-state index in [0.717, 1.165) is 42.0 Å². The number of hydrogen-bond donors (Lipinski definition) is 2. The van der Waals surface area contributed by atoms with Crippen molar-refractivity contribution < 1.29 is 9.90 Å². The van der Waals surface area contributed by atoms with Crippen molar-refractivity contribution in [2.45, 2.75) is 26.7 Å². The van der Waals surface area contributed by atoms with Crippen LogP contribution in [0, 0.1) is 6.92 Å². The second-order valence-corrected chi connectivity index (χ2v) is 5.76. The van der Waals surface area contributed by atoms with Crippen LogP contribution in [0.15, 0.2) is 42.5 Å². The topological polar surface area (TPSA) is 52.6 Å². The summed E-state index contributed by atoms with van der Waals surface area (Å²) in [5, 5.41) is 12.8. The Bertz CT molecular complexity index is 669. The Morgan fingerprint density at radius 1 is 1.22 bits per heavy atom. The van der Waals surface area contributed by atoms with Gasteiger partial charge in [-0.05, 0) is 43.2 Å². The molecule has 0 aliphatic heterocycles. The lowest BCUT2D eigenvalue weighted by molar-refractivity contribution is 0.0697. The first-order valence-corrected chi connectivity index (χ1v) is 7.94. The summed E-state index contributed by atoms with van der Waals surface area (Å²) < 4.78 is 0. The number of carboxylic acids is 1. The second-order valence-electron chi connectivity index (χ2n) is 5.76. The maximum atomic E-state index is 11.4. The number of carbonyl (C=O) groups is 1. The van der Waals surface area contributed by atoms with Crippen molar-refractivity contribution in [1.82, 2.24) is 0 Å². The molecule has 0 aliphatic carbocycles. The molecule has 0 spiro atoms. The van der Waals surface area contributed by atoms with E-state index in [4.69, 9.17) is 0 Å². The van der Waals surface area contributed by atoms with Gasteiger partial charge in [0.05, 0.1) is 16.9 Å². The smallest absolute Gasteiger partial charge is 0.335 e. The van der Waals surface area contributed by atoms with Gasteiger partial charge in [0.1, 0.15) is 0 Å². The highest BCUT2D eigenvalue weighted by molar-refractivity contribution is 5.92. The molecule has 4 nitrogen and oxygen atoms in total. The molecule has 0 aliphatic rings. The van der Waals surface area contributed by atoms with Crippen LogP contribution in [0.25, 0.3) is 0 Å². The number of hydrogen-bond acceptors (Lipinski definition) is 3. The molecule has 4 heteroatoms. The molecule has 0 unspecified atom stereocenters. The Morgan fingerprint density at radius 2 is 1.91 bits per heavy atom. The van der Waals surface area contributed by atoms with Gasteiger partial charge in [-0.15, -0.1) is 0 Å². The zero-order chi connectivity index (χ0) is 16.8. The van der Waals surface area contributed by atoms with Crippen LogP contribution in [0.2, 0.25) is 0 Å². The highest BCUT2D eigenvalue weighted by atomic mass is 16.4. The lowest BCUT2D eigenvalue weighted by atomic mass is 10.1. The maximum Gasteiger partial charge on any atom is 0.335 e. The lowest BCUT2D eigenvalue weighted by Gasteiger charge is -2.25. The molecule has 23 heavy (non-hydrogen) atoms. The molecule has 2 rings (SSSR count). The third-order valence-corrected chi connectivity index (χ3v) is 3.86. The predicted molar refractivity (Wildman–Crippen MR) is 96.0 cm³/mol. The van der Waals surface area contributed by atoms with E-state index in [1.807, 2.05) is 44.3 Å². The zero-order valence-electron chi connectivity index (χ0n) is 14.0. The Kier molecular flexibility index (Phi) is 5.63. The van der Waals surface area contributed by atoms with E-state index in [1.165, 1.54) is 0 Å². The number of nitrogens with one attached hydrogen (secondary N) is 1. The molecule has 0 aromatic heterocycles. The third kappa shape index (κ3) is 4.25. The monoisotopic (exact) mass is 312 g/mol. The number of aryl methyl sites for hydroxylation is 1. The Balaban J connectivity index is 2.43. The Hall–Kier alpha value is -2.49. The van der Waals surface area contributed by atoms with Crippen molar-refractivity contribution >= 4 is 23.0 Å². The minimum Gasteiger partial charge on any atom is -0.478 e. The summed E-state index contributed by atoms with van der Waals surface area (Å²) >= 11 is 0. The normalized spacial score (nSPS) is 10.4. The summed E-state index contributed by atoms with van der Waals surface area (Å²) in [7, 11) is 2.01. The van der Waals surface area contributed by atoms with Crippen molar-refractivity contribution in [3.05, 3.63) is 53.6 Å². The first-order valence-electron chi connectivity index (χ1n) is 7.94. The molecule has 0 bridgehead atoms. The van der Waals surface area contributed by atoms with Crippen molar-refractivity contribution in [2.24, 2.45) is 0 Å². The van der Waals surface area contributed by atoms with Crippen molar-refractivity contribution in [3.8, 4) is 0 Å². The van der Waals surface area contributed by atoms with Crippen LogP contribution in [0.1, 0.15) is 35.7 Å². The van der Waals surface area contributed by atoms with E-state index < -0.39 is 5.97 Å². The summed E-state index contributed by atoms with van der Waals surface area (Å²) in [4.78, 5) is 13.5. The average Bonchev–Trinajstić information content (AvgIpc) is 2.55. The van der Waals surface area contributed by atoms with Gasteiger partial charge in [0.25, 0.3) is 0 Å². The van der Waals surface area contributed by atoms with Crippen LogP contribution < -0.4 is 10.2 Å². The first-order chi connectivity index (χ1) is 11.0. The van der Waals surface area contributed by atoms with Gasteiger partial charge in [-0.3, -0.25) is 0 Å². The fourth-order valence-corrected chi connectivity index (χ4v) is 2.54. The number of nitrogens with zero attached hydrogens (tertiary/aromatic N) is 1. The number of rotatable bonds is 7. The van der Waals surface area contributed by atoms with Gasteiger partial charge in [0, 0.05) is 19.3 Å². The molecule has 0 atom stereocenters. The molecule has 0 saturated carbocycles. The van der Waals surface area contributed by atoms with Gasteiger partial charge in [0.2, 0.25) is 0 Å². The van der Waals surface area contributed by atoms with Crippen LogP contribution in [0.5, 0.6) is 0 Å². The van der Waals surface area contributed by atoms with Gasteiger partial charge in [0.15, 0.2) is 0 Å².